The van der Waals surface area contributed by atoms with Crippen LogP contribution in [0.25, 0.3) is 10.9 Å². The van der Waals surface area contributed by atoms with Gasteiger partial charge in [-0.05, 0) is 49.2 Å². The highest BCUT2D eigenvalue weighted by atomic mass is 32.2. The zero-order valence-electron chi connectivity index (χ0n) is 19.2. The van der Waals surface area contributed by atoms with Gasteiger partial charge in [-0.15, -0.1) is 0 Å². The molecule has 0 spiro atoms. The summed E-state index contributed by atoms with van der Waals surface area (Å²) >= 11 is 1.11. The van der Waals surface area contributed by atoms with Gasteiger partial charge in [0.2, 0.25) is 5.91 Å². The number of para-hydroxylation sites is 1. The highest BCUT2D eigenvalue weighted by Crippen LogP contribution is 2.22. The SMILES string of the molecule is COC(=O)Cn1c(SCC(=O)Nc2ccc(N3CCCCCC3)cc2)nc2ccccc2c1=O. The highest BCUT2D eigenvalue weighted by molar-refractivity contribution is 7.99. The van der Waals surface area contributed by atoms with E-state index in [1.54, 1.807) is 24.3 Å². The summed E-state index contributed by atoms with van der Waals surface area (Å²) in [5, 5.41) is 3.59. The molecule has 0 saturated carbocycles. The number of ether oxygens (including phenoxy) is 1. The third kappa shape index (κ3) is 5.77. The smallest absolute Gasteiger partial charge is 0.325 e. The first-order valence-corrected chi connectivity index (χ1v) is 12.4. The maximum Gasteiger partial charge on any atom is 0.325 e. The van der Waals surface area contributed by atoms with Crippen LogP contribution in [0.3, 0.4) is 0 Å². The molecule has 1 amide bonds. The molecule has 0 unspecified atom stereocenters. The molecule has 2 aromatic carbocycles. The van der Waals surface area contributed by atoms with Gasteiger partial charge in [0, 0.05) is 24.5 Å². The Kier molecular flexibility index (Phi) is 7.84. The van der Waals surface area contributed by atoms with Crippen molar-refractivity contribution < 1.29 is 14.3 Å². The fourth-order valence-electron chi connectivity index (χ4n) is 4.00. The first kappa shape index (κ1) is 23.8. The molecule has 1 N–H and O–H groups in total. The van der Waals surface area contributed by atoms with Gasteiger partial charge in [0.15, 0.2) is 5.16 Å². The van der Waals surface area contributed by atoms with Crippen LogP contribution in [0.2, 0.25) is 0 Å². The molecule has 1 fully saturated rings. The number of nitrogens with one attached hydrogen (secondary N) is 1. The van der Waals surface area contributed by atoms with E-state index in [-0.39, 0.29) is 23.8 Å². The summed E-state index contributed by atoms with van der Waals surface area (Å²) in [6.07, 6.45) is 4.98. The Bertz CT molecular complexity index is 1220. The van der Waals surface area contributed by atoms with E-state index in [4.69, 9.17) is 4.74 Å². The number of anilines is 2. The molecule has 9 heteroatoms. The zero-order valence-corrected chi connectivity index (χ0v) is 20.0. The Morgan fingerprint density at radius 1 is 1.03 bits per heavy atom. The Balaban J connectivity index is 1.44. The first-order valence-electron chi connectivity index (χ1n) is 11.4. The van der Waals surface area contributed by atoms with Crippen molar-refractivity contribution in [1.29, 1.82) is 0 Å². The molecule has 8 nitrogen and oxygen atoms in total. The van der Waals surface area contributed by atoms with Crippen molar-refractivity contribution in [3.05, 3.63) is 58.9 Å². The van der Waals surface area contributed by atoms with Gasteiger partial charge in [-0.25, -0.2) is 4.98 Å². The minimum Gasteiger partial charge on any atom is -0.468 e. The number of methoxy groups -OCH3 is 1. The van der Waals surface area contributed by atoms with Crippen LogP contribution in [0.5, 0.6) is 0 Å². The van der Waals surface area contributed by atoms with Crippen molar-refractivity contribution in [2.45, 2.75) is 37.4 Å². The van der Waals surface area contributed by atoms with Gasteiger partial charge >= 0.3 is 5.97 Å². The Hall–Kier alpha value is -3.33. The number of esters is 1. The number of carbonyl (C=O) groups excluding carboxylic acids is 2. The van der Waals surface area contributed by atoms with Crippen molar-refractivity contribution in [3.8, 4) is 0 Å². The number of aromatic nitrogens is 2. The Morgan fingerprint density at radius 2 is 1.74 bits per heavy atom. The molecule has 1 aliphatic heterocycles. The molecule has 178 valence electrons. The maximum atomic E-state index is 12.9. The number of amides is 1. The van der Waals surface area contributed by atoms with E-state index in [1.807, 2.05) is 24.3 Å². The number of carbonyl (C=O) groups is 2. The predicted octanol–water partition coefficient (Wildman–Crippen LogP) is 3.68. The van der Waals surface area contributed by atoms with Crippen molar-refractivity contribution in [2.24, 2.45) is 0 Å². The number of hydrogen-bond acceptors (Lipinski definition) is 7. The molecule has 4 rings (SSSR count). The lowest BCUT2D eigenvalue weighted by molar-refractivity contribution is -0.141. The topological polar surface area (TPSA) is 93.5 Å². The van der Waals surface area contributed by atoms with Crippen LogP contribution < -0.4 is 15.8 Å². The minimum absolute atomic E-state index is 0.0415. The molecule has 0 bridgehead atoms. The zero-order chi connectivity index (χ0) is 23.9. The van der Waals surface area contributed by atoms with Crippen LogP contribution >= 0.6 is 11.8 Å². The van der Waals surface area contributed by atoms with Crippen LogP contribution in [-0.4, -0.2) is 47.4 Å². The molecular formula is C25H28N4O4S. The number of rotatable bonds is 7. The van der Waals surface area contributed by atoms with Crippen LogP contribution in [0.4, 0.5) is 11.4 Å². The molecule has 1 aromatic heterocycles. The lowest BCUT2D eigenvalue weighted by Gasteiger charge is -2.22. The maximum absolute atomic E-state index is 12.9. The Morgan fingerprint density at radius 3 is 2.44 bits per heavy atom. The molecule has 34 heavy (non-hydrogen) atoms. The number of thioether (sulfide) groups is 1. The third-order valence-corrected chi connectivity index (χ3v) is 6.77. The standard InChI is InChI=1S/C25H28N4O4S/c1-33-23(31)16-29-24(32)20-8-4-5-9-21(20)27-25(29)34-17-22(30)26-18-10-12-19(13-11-18)28-14-6-2-3-7-15-28/h4-5,8-13H,2-3,6-7,14-17H2,1H3,(H,26,30). The summed E-state index contributed by atoms with van der Waals surface area (Å²) < 4.78 is 5.97. The van der Waals surface area contributed by atoms with E-state index in [9.17, 15) is 14.4 Å². The minimum atomic E-state index is -0.560. The van der Waals surface area contributed by atoms with Gasteiger partial charge in [-0.2, -0.15) is 0 Å². The van der Waals surface area contributed by atoms with Crippen LogP contribution in [0.1, 0.15) is 25.7 Å². The van der Waals surface area contributed by atoms with Crippen LogP contribution in [-0.2, 0) is 20.9 Å². The Labute approximate surface area is 202 Å². The summed E-state index contributed by atoms with van der Waals surface area (Å²) in [6, 6.07) is 14.8. The van der Waals surface area contributed by atoms with Gasteiger partial charge in [0.1, 0.15) is 6.54 Å². The van der Waals surface area contributed by atoms with E-state index in [0.29, 0.717) is 21.7 Å². The largest absolute Gasteiger partial charge is 0.468 e. The molecule has 3 aromatic rings. The normalized spacial score (nSPS) is 14.0. The molecule has 0 atom stereocenters. The molecule has 0 aliphatic carbocycles. The van der Waals surface area contributed by atoms with Gasteiger partial charge in [0.05, 0.1) is 23.8 Å². The monoisotopic (exact) mass is 480 g/mol. The van der Waals surface area contributed by atoms with Crippen molar-refractivity contribution >= 4 is 45.9 Å². The summed E-state index contributed by atoms with van der Waals surface area (Å²) in [6.45, 7) is 1.86. The fourth-order valence-corrected chi connectivity index (χ4v) is 4.80. The summed E-state index contributed by atoms with van der Waals surface area (Å²) in [5.74, 6) is -0.741. The number of hydrogen-bond donors (Lipinski definition) is 1. The van der Waals surface area contributed by atoms with Crippen molar-refractivity contribution in [3.63, 3.8) is 0 Å². The van der Waals surface area contributed by atoms with E-state index >= 15 is 0 Å². The average molecular weight is 481 g/mol. The lowest BCUT2D eigenvalue weighted by Crippen LogP contribution is -2.28. The molecule has 2 heterocycles. The number of benzene rings is 2. The van der Waals surface area contributed by atoms with Crippen LogP contribution in [0.15, 0.2) is 58.5 Å². The number of fused-ring (bicyclic) bond motifs is 1. The van der Waals surface area contributed by atoms with E-state index in [1.165, 1.54) is 43.0 Å². The molecular weight excluding hydrogens is 452 g/mol. The molecule has 1 saturated heterocycles. The number of nitrogens with zero attached hydrogens (tertiary/aromatic N) is 3. The van der Waals surface area contributed by atoms with E-state index in [2.05, 4.69) is 15.2 Å². The van der Waals surface area contributed by atoms with Gasteiger partial charge in [-0.3, -0.25) is 19.0 Å². The quantitative estimate of drug-likeness (QED) is 0.313. The van der Waals surface area contributed by atoms with Crippen LogP contribution in [0, 0.1) is 0 Å². The lowest BCUT2D eigenvalue weighted by atomic mass is 10.2. The second kappa shape index (κ2) is 11.2. The van der Waals surface area contributed by atoms with Gasteiger partial charge < -0.3 is 15.0 Å². The van der Waals surface area contributed by atoms with Gasteiger partial charge in [-0.1, -0.05) is 36.7 Å². The second-order valence-corrected chi connectivity index (χ2v) is 9.11. The summed E-state index contributed by atoms with van der Waals surface area (Å²) in [7, 11) is 1.26. The third-order valence-electron chi connectivity index (χ3n) is 5.80. The van der Waals surface area contributed by atoms with Gasteiger partial charge in [0.25, 0.3) is 5.56 Å². The summed E-state index contributed by atoms with van der Waals surface area (Å²) in [4.78, 5) is 44.3. The average Bonchev–Trinajstić information content (AvgIpc) is 3.15. The fraction of sp³-hybridized carbons (Fsp3) is 0.360. The van der Waals surface area contributed by atoms with Crippen molar-refractivity contribution in [2.75, 3.05) is 36.2 Å². The summed E-state index contributed by atoms with van der Waals surface area (Å²) in [5.41, 5.74) is 2.05. The first-order chi connectivity index (χ1) is 16.5. The predicted molar refractivity (Wildman–Crippen MR) is 134 cm³/mol. The second-order valence-electron chi connectivity index (χ2n) is 8.16. The van der Waals surface area contributed by atoms with E-state index < -0.39 is 5.97 Å². The highest BCUT2D eigenvalue weighted by Gasteiger charge is 2.16. The van der Waals surface area contributed by atoms with Crippen molar-refractivity contribution in [1.82, 2.24) is 9.55 Å². The van der Waals surface area contributed by atoms with E-state index in [0.717, 1.165) is 24.9 Å². The molecule has 0 radical (unpaired) electrons. The molecule has 1 aliphatic rings.